The normalized spacial score (nSPS) is 20.0. The highest BCUT2D eigenvalue weighted by molar-refractivity contribution is 5.98. The second-order valence-corrected chi connectivity index (χ2v) is 13.9. The van der Waals surface area contributed by atoms with Gasteiger partial charge in [0.2, 0.25) is 0 Å². The van der Waals surface area contributed by atoms with E-state index in [0.717, 1.165) is 29.1 Å². The molecule has 2 saturated carbocycles. The first-order valence-electron chi connectivity index (χ1n) is 14.8. The van der Waals surface area contributed by atoms with Crippen LogP contribution in [0.15, 0.2) is 24.3 Å². The summed E-state index contributed by atoms with van der Waals surface area (Å²) in [5, 5.41) is 6.25. The molecule has 40 heavy (non-hydrogen) atoms. The first-order chi connectivity index (χ1) is 18.7. The van der Waals surface area contributed by atoms with Crippen LogP contribution in [0.4, 0.5) is 0 Å². The second kappa shape index (κ2) is 11.8. The predicted octanol–water partition coefficient (Wildman–Crippen LogP) is 6.30. The summed E-state index contributed by atoms with van der Waals surface area (Å²) in [6.07, 6.45) is 7.33. The van der Waals surface area contributed by atoms with Crippen LogP contribution in [0.3, 0.4) is 0 Å². The highest BCUT2D eigenvalue weighted by Crippen LogP contribution is 2.35. The lowest BCUT2D eigenvalue weighted by molar-refractivity contribution is -0.138. The van der Waals surface area contributed by atoms with E-state index in [0.29, 0.717) is 36.4 Å². The number of amides is 2. The molecule has 218 valence electrons. The molecule has 1 aromatic heterocycles. The zero-order valence-electron chi connectivity index (χ0n) is 25.4. The molecule has 2 aliphatic carbocycles. The van der Waals surface area contributed by atoms with E-state index in [1.807, 2.05) is 45.9 Å². The van der Waals surface area contributed by atoms with Gasteiger partial charge < -0.3 is 19.9 Å². The van der Waals surface area contributed by atoms with E-state index in [-0.39, 0.29) is 34.9 Å². The lowest BCUT2D eigenvalue weighted by Gasteiger charge is -2.34. The Labute approximate surface area is 239 Å². The van der Waals surface area contributed by atoms with Crippen molar-refractivity contribution in [1.29, 1.82) is 0 Å². The topological polar surface area (TPSA) is 89.4 Å². The van der Waals surface area contributed by atoms with Crippen LogP contribution in [0.1, 0.15) is 118 Å². The van der Waals surface area contributed by atoms with E-state index < -0.39 is 0 Å². The third kappa shape index (κ3) is 7.15. The summed E-state index contributed by atoms with van der Waals surface area (Å²) in [6, 6.07) is 8.14. The molecule has 0 bridgehead atoms. The van der Waals surface area contributed by atoms with Gasteiger partial charge in [0.05, 0.1) is 5.56 Å². The molecular weight excluding hydrogens is 502 g/mol. The average molecular weight is 550 g/mol. The van der Waals surface area contributed by atoms with Crippen molar-refractivity contribution < 1.29 is 19.1 Å². The molecule has 0 atom stereocenters. The van der Waals surface area contributed by atoms with E-state index in [4.69, 9.17) is 4.74 Å². The van der Waals surface area contributed by atoms with Gasteiger partial charge >= 0.3 is 0 Å². The predicted molar refractivity (Wildman–Crippen MR) is 159 cm³/mol. The smallest absolute Gasteiger partial charge is 0.293 e. The molecule has 0 saturated heterocycles. The van der Waals surface area contributed by atoms with Crippen LogP contribution < -0.4 is 10.6 Å². The average Bonchev–Trinajstić information content (AvgIpc) is 3.17. The van der Waals surface area contributed by atoms with E-state index in [1.54, 1.807) is 0 Å². The maximum atomic E-state index is 13.5. The molecule has 1 heterocycles. The van der Waals surface area contributed by atoms with Crippen LogP contribution in [0.5, 0.6) is 0 Å². The SMILES string of the molecule is Cc1c(C(=O)NC2CC(OC=O)C2)cc(-c2cc(C(=O)NC(C)(C)C)cc(C(C)(C)C)c2)n1CC1CCCCC1. The summed E-state index contributed by atoms with van der Waals surface area (Å²) in [6.45, 7) is 15.8. The summed E-state index contributed by atoms with van der Waals surface area (Å²) >= 11 is 0. The van der Waals surface area contributed by atoms with Crippen LogP contribution in [0.25, 0.3) is 11.3 Å². The largest absolute Gasteiger partial charge is 0.464 e. The maximum absolute atomic E-state index is 13.5. The summed E-state index contributed by atoms with van der Waals surface area (Å²) < 4.78 is 7.32. The van der Waals surface area contributed by atoms with Gasteiger partial charge in [-0.05, 0) is 87.3 Å². The molecule has 0 spiro atoms. The molecule has 7 nitrogen and oxygen atoms in total. The zero-order valence-corrected chi connectivity index (χ0v) is 25.4. The van der Waals surface area contributed by atoms with Gasteiger partial charge in [-0.25, -0.2) is 0 Å². The minimum Gasteiger partial charge on any atom is -0.464 e. The summed E-state index contributed by atoms with van der Waals surface area (Å²) in [4.78, 5) is 37.4. The first kappa shape index (κ1) is 29.9. The molecule has 0 unspecified atom stereocenters. The van der Waals surface area contributed by atoms with Gasteiger partial charge in [-0.2, -0.15) is 0 Å². The number of hydrogen-bond donors (Lipinski definition) is 2. The molecule has 2 aromatic rings. The minimum absolute atomic E-state index is 0.00101. The fourth-order valence-electron chi connectivity index (χ4n) is 5.87. The van der Waals surface area contributed by atoms with Crippen molar-refractivity contribution in [3.05, 3.63) is 46.6 Å². The van der Waals surface area contributed by atoms with Gasteiger partial charge in [0.15, 0.2) is 0 Å². The van der Waals surface area contributed by atoms with Crippen molar-refractivity contribution in [3.8, 4) is 11.3 Å². The van der Waals surface area contributed by atoms with E-state index in [1.165, 1.54) is 32.1 Å². The van der Waals surface area contributed by atoms with Crippen LogP contribution in [-0.2, 0) is 21.5 Å². The Balaban J connectivity index is 1.74. The number of carbonyl (C=O) groups excluding carboxylic acids is 3. The fourth-order valence-corrected chi connectivity index (χ4v) is 5.87. The molecule has 0 aliphatic heterocycles. The summed E-state index contributed by atoms with van der Waals surface area (Å²) in [7, 11) is 0. The van der Waals surface area contributed by atoms with Crippen molar-refractivity contribution >= 4 is 18.3 Å². The number of nitrogens with zero attached hydrogens (tertiary/aromatic N) is 1. The van der Waals surface area contributed by atoms with Crippen LogP contribution in [0, 0.1) is 12.8 Å². The van der Waals surface area contributed by atoms with Crippen LogP contribution >= 0.6 is 0 Å². The van der Waals surface area contributed by atoms with Gasteiger partial charge in [0.1, 0.15) is 6.10 Å². The Bertz CT molecular complexity index is 1240. The van der Waals surface area contributed by atoms with E-state index >= 15 is 0 Å². The van der Waals surface area contributed by atoms with Crippen LogP contribution in [0.2, 0.25) is 0 Å². The van der Waals surface area contributed by atoms with Gasteiger partial charge in [0.25, 0.3) is 18.3 Å². The molecular formula is C33H47N3O4. The molecule has 0 radical (unpaired) electrons. The van der Waals surface area contributed by atoms with Gasteiger partial charge in [-0.3, -0.25) is 14.4 Å². The van der Waals surface area contributed by atoms with E-state index in [2.05, 4.69) is 42.0 Å². The Kier molecular flexibility index (Phi) is 8.81. The number of benzene rings is 1. The van der Waals surface area contributed by atoms with Crippen LogP contribution in [-0.4, -0.2) is 40.5 Å². The minimum atomic E-state index is -0.352. The Morgan fingerprint density at radius 3 is 2.25 bits per heavy atom. The van der Waals surface area contributed by atoms with E-state index in [9.17, 15) is 14.4 Å². The number of hydrogen-bond acceptors (Lipinski definition) is 4. The van der Waals surface area contributed by atoms with Crippen molar-refractivity contribution in [3.63, 3.8) is 0 Å². The number of aromatic nitrogens is 1. The maximum Gasteiger partial charge on any atom is 0.293 e. The Morgan fingerprint density at radius 2 is 1.65 bits per heavy atom. The number of nitrogens with one attached hydrogen (secondary N) is 2. The Morgan fingerprint density at radius 1 is 0.975 bits per heavy atom. The Hall–Kier alpha value is -3.09. The van der Waals surface area contributed by atoms with Crippen molar-refractivity contribution in [2.75, 3.05) is 0 Å². The van der Waals surface area contributed by atoms with Crippen molar-refractivity contribution in [1.82, 2.24) is 15.2 Å². The van der Waals surface area contributed by atoms with Crippen molar-refractivity contribution in [2.24, 2.45) is 5.92 Å². The monoisotopic (exact) mass is 549 g/mol. The number of ether oxygens (including phenoxy) is 1. The van der Waals surface area contributed by atoms with Crippen molar-refractivity contribution in [2.45, 2.75) is 123 Å². The molecule has 2 aliphatic rings. The molecule has 2 N–H and O–H groups in total. The molecule has 4 rings (SSSR count). The number of carbonyl (C=O) groups is 3. The molecule has 1 aromatic carbocycles. The van der Waals surface area contributed by atoms with Gasteiger partial charge in [-0.15, -0.1) is 0 Å². The molecule has 2 amide bonds. The molecule has 2 fully saturated rings. The number of rotatable bonds is 8. The lowest BCUT2D eigenvalue weighted by atomic mass is 9.84. The standard InChI is InChI=1S/C33H47N3O4/c1-21-28(31(39)34-26-16-27(17-26)40-20-37)18-29(36(21)19-22-11-9-8-10-12-22)23-13-24(30(38)35-33(5,6)7)15-25(14-23)32(2,3)4/h13-15,18,20,22,26-27H,8-12,16-17,19H2,1-7H3,(H,34,39)(H,35,38). The quantitative estimate of drug-likeness (QED) is 0.378. The van der Waals surface area contributed by atoms with Gasteiger partial charge in [0, 0.05) is 47.9 Å². The third-order valence-electron chi connectivity index (χ3n) is 8.30. The molecule has 7 heteroatoms. The highest BCUT2D eigenvalue weighted by atomic mass is 16.5. The van der Waals surface area contributed by atoms with Gasteiger partial charge in [-0.1, -0.05) is 40.0 Å². The summed E-state index contributed by atoms with van der Waals surface area (Å²) in [5.41, 5.74) is 4.72. The first-order valence-corrected chi connectivity index (χ1v) is 14.8. The summed E-state index contributed by atoms with van der Waals surface area (Å²) in [5.74, 6) is 0.363. The fraction of sp³-hybridized carbons (Fsp3) is 0.606. The highest BCUT2D eigenvalue weighted by Gasteiger charge is 2.33. The second-order valence-electron chi connectivity index (χ2n) is 13.9. The lowest BCUT2D eigenvalue weighted by Crippen LogP contribution is -2.47. The third-order valence-corrected chi connectivity index (χ3v) is 8.30. The zero-order chi connectivity index (χ0) is 29.2.